The van der Waals surface area contributed by atoms with Crippen molar-refractivity contribution in [1.29, 1.82) is 0 Å². The van der Waals surface area contributed by atoms with Crippen molar-refractivity contribution in [1.82, 2.24) is 0 Å². The van der Waals surface area contributed by atoms with Crippen LogP contribution in [0.3, 0.4) is 0 Å². The van der Waals surface area contributed by atoms with Crippen molar-refractivity contribution in [3.63, 3.8) is 0 Å². The fraction of sp³-hybridized carbons (Fsp3) is 0.866. The van der Waals surface area contributed by atoms with E-state index in [9.17, 15) is 40.5 Å². The first-order valence-corrected chi connectivity index (χ1v) is 33.2. The van der Waals surface area contributed by atoms with E-state index in [4.69, 9.17) is 28.4 Å². The molecule has 0 bridgehead atoms. The number of carbonyl (C=O) groups is 1. The molecule has 0 spiro atoms. The number of aliphatic hydroxyl groups is 7. The van der Waals surface area contributed by atoms with Gasteiger partial charge in [-0.1, -0.05) is 262 Å². The molecule has 0 aromatic carbocycles. The van der Waals surface area contributed by atoms with E-state index in [1.54, 1.807) is 0 Å². The SMILES string of the molecule is CC/C=C\C/C=C\C/C=C\C/C=C\CCCCCCCCCCCCCCC(=O)OC(COCCCCCCCCCCCCCCCCCCCCCCCC)COC1OC(COC2OC(CO)C(O)C(O)C2O)C(O)C(O)C1O. The first kappa shape index (κ1) is 75.0. The van der Waals surface area contributed by atoms with Crippen molar-refractivity contribution in [2.24, 2.45) is 0 Å². The monoisotopic (exact) mass is 1150 g/mol. The number of esters is 1. The molecule has 0 aromatic heterocycles. The third kappa shape index (κ3) is 39.3. The summed E-state index contributed by atoms with van der Waals surface area (Å²) in [6.45, 7) is 3.64. The van der Waals surface area contributed by atoms with Gasteiger partial charge in [0.15, 0.2) is 12.6 Å². The second kappa shape index (κ2) is 53.4. The van der Waals surface area contributed by atoms with Crippen molar-refractivity contribution < 1.29 is 69.0 Å². The number of hydrogen-bond acceptors (Lipinski definition) is 14. The van der Waals surface area contributed by atoms with E-state index in [0.29, 0.717) is 13.0 Å². The highest BCUT2D eigenvalue weighted by Crippen LogP contribution is 2.27. The minimum Gasteiger partial charge on any atom is -0.457 e. The van der Waals surface area contributed by atoms with Crippen molar-refractivity contribution in [3.05, 3.63) is 48.6 Å². The van der Waals surface area contributed by atoms with Crippen molar-refractivity contribution in [3.8, 4) is 0 Å². The zero-order chi connectivity index (χ0) is 58.6. The van der Waals surface area contributed by atoms with E-state index in [1.807, 2.05) is 0 Å². The minimum atomic E-state index is -1.71. The Kier molecular flexibility index (Phi) is 49.5. The molecule has 2 aliphatic rings. The van der Waals surface area contributed by atoms with Gasteiger partial charge in [0.05, 0.1) is 26.4 Å². The zero-order valence-electron chi connectivity index (χ0n) is 51.3. The van der Waals surface area contributed by atoms with Gasteiger partial charge >= 0.3 is 5.97 Å². The Balaban J connectivity index is 1.65. The number of aliphatic hydroxyl groups excluding tert-OH is 7. The van der Waals surface area contributed by atoms with Gasteiger partial charge in [-0.3, -0.25) is 4.79 Å². The van der Waals surface area contributed by atoms with Crippen molar-refractivity contribution in [2.45, 2.75) is 338 Å². The Morgan fingerprint density at radius 3 is 1.26 bits per heavy atom. The minimum absolute atomic E-state index is 0.0642. The van der Waals surface area contributed by atoms with E-state index < -0.39 is 80.7 Å². The van der Waals surface area contributed by atoms with Crippen LogP contribution in [0.4, 0.5) is 0 Å². The number of ether oxygens (including phenoxy) is 6. The summed E-state index contributed by atoms with van der Waals surface area (Å²) in [7, 11) is 0. The number of unbranched alkanes of at least 4 members (excludes halogenated alkanes) is 33. The smallest absolute Gasteiger partial charge is 0.306 e. The van der Waals surface area contributed by atoms with E-state index in [0.717, 1.165) is 70.6 Å². The predicted octanol–water partition coefficient (Wildman–Crippen LogP) is 13.4. The van der Waals surface area contributed by atoms with Gasteiger partial charge in [-0.15, -0.1) is 0 Å². The van der Waals surface area contributed by atoms with Crippen molar-refractivity contribution in [2.75, 3.05) is 33.0 Å². The van der Waals surface area contributed by atoms with Gasteiger partial charge in [0, 0.05) is 13.0 Å². The molecule has 2 rings (SSSR count). The fourth-order valence-electron chi connectivity index (χ4n) is 10.6. The molecule has 14 heteroatoms. The summed E-state index contributed by atoms with van der Waals surface area (Å²) in [5, 5.41) is 72.6. The van der Waals surface area contributed by atoms with Crippen LogP contribution in [0.15, 0.2) is 48.6 Å². The summed E-state index contributed by atoms with van der Waals surface area (Å²) >= 11 is 0. The molecule has 11 unspecified atom stereocenters. The summed E-state index contributed by atoms with van der Waals surface area (Å²) in [4.78, 5) is 13.1. The summed E-state index contributed by atoms with van der Waals surface area (Å²) < 4.78 is 34.5. The molecule has 0 radical (unpaired) electrons. The van der Waals surface area contributed by atoms with Gasteiger partial charge < -0.3 is 64.2 Å². The highest BCUT2D eigenvalue weighted by atomic mass is 16.7. The fourth-order valence-corrected chi connectivity index (χ4v) is 10.6. The number of rotatable bonds is 55. The molecule has 0 aliphatic carbocycles. The first-order chi connectivity index (χ1) is 39.6. The Morgan fingerprint density at radius 2 is 0.802 bits per heavy atom. The summed E-state index contributed by atoms with van der Waals surface area (Å²) in [5.74, 6) is -0.374. The molecule has 14 nitrogen and oxygen atoms in total. The van der Waals surface area contributed by atoms with Crippen LogP contribution < -0.4 is 0 Å². The predicted molar refractivity (Wildman–Crippen MR) is 326 cm³/mol. The Morgan fingerprint density at radius 1 is 0.420 bits per heavy atom. The highest BCUT2D eigenvalue weighted by Gasteiger charge is 2.47. The van der Waals surface area contributed by atoms with E-state index in [-0.39, 0.29) is 25.6 Å². The van der Waals surface area contributed by atoms with E-state index in [1.165, 1.54) is 173 Å². The Hall–Kier alpha value is -2.05. The molecule has 474 valence electrons. The Labute approximate surface area is 492 Å². The maximum absolute atomic E-state index is 13.1. The first-order valence-electron chi connectivity index (χ1n) is 33.2. The second-order valence-corrected chi connectivity index (χ2v) is 23.3. The number of allylic oxidation sites excluding steroid dienone is 8. The third-order valence-corrected chi connectivity index (χ3v) is 15.9. The van der Waals surface area contributed by atoms with Crippen molar-refractivity contribution >= 4 is 5.97 Å². The van der Waals surface area contributed by atoms with Gasteiger partial charge in [0.1, 0.15) is 54.9 Å². The molecule has 81 heavy (non-hydrogen) atoms. The van der Waals surface area contributed by atoms with Gasteiger partial charge in [-0.05, 0) is 51.4 Å². The highest BCUT2D eigenvalue weighted by molar-refractivity contribution is 5.69. The van der Waals surface area contributed by atoms with Gasteiger partial charge in [-0.2, -0.15) is 0 Å². The molecule has 2 heterocycles. The molecular formula is C67H122O14. The van der Waals surface area contributed by atoms with Crippen LogP contribution in [0.25, 0.3) is 0 Å². The third-order valence-electron chi connectivity index (χ3n) is 15.9. The summed E-state index contributed by atoms with van der Waals surface area (Å²) in [5.41, 5.74) is 0. The number of carbonyl (C=O) groups excluding carboxylic acids is 1. The standard InChI is InChI=1S/C67H122O14/c1-3-5-7-9-11-13-15-17-19-21-23-25-27-28-29-30-32-34-36-38-40-42-44-46-48-50-59(69)79-56(53-76-51-49-47-45-43-41-39-37-35-33-31-26-24-22-20-18-16-14-12-10-8-6-4-2)54-77-66-65(75)63(73)61(71)58(81-66)55-78-67-64(74)62(72)60(70)57(52-68)80-67/h5,7,11,13,17,19,23,25,56-58,60-68,70-75H,3-4,6,8-10,12,14-16,18,20-22,24,26-55H2,1-2H3/b7-5-,13-11-,19-17-,25-23-. The molecule has 0 saturated carbocycles. The Bertz CT molecular complexity index is 1520. The molecule has 2 aliphatic heterocycles. The molecule has 0 amide bonds. The maximum atomic E-state index is 13.1. The second-order valence-electron chi connectivity index (χ2n) is 23.3. The molecule has 2 fully saturated rings. The van der Waals surface area contributed by atoms with Gasteiger partial charge in [0.25, 0.3) is 0 Å². The van der Waals surface area contributed by atoms with Gasteiger partial charge in [-0.25, -0.2) is 0 Å². The quantitative estimate of drug-likeness (QED) is 0.0171. The summed E-state index contributed by atoms with van der Waals surface area (Å²) in [6.07, 6.45) is 50.3. The lowest BCUT2D eigenvalue weighted by molar-refractivity contribution is -0.332. The maximum Gasteiger partial charge on any atom is 0.306 e. The van der Waals surface area contributed by atoms with E-state index in [2.05, 4.69) is 62.5 Å². The number of hydrogen-bond donors (Lipinski definition) is 7. The topological polar surface area (TPSA) is 214 Å². The van der Waals surface area contributed by atoms with Gasteiger partial charge in [0.2, 0.25) is 0 Å². The normalized spacial score (nSPS) is 24.0. The summed E-state index contributed by atoms with van der Waals surface area (Å²) in [6, 6.07) is 0. The lowest BCUT2D eigenvalue weighted by Gasteiger charge is -2.42. The molecule has 0 aromatic rings. The largest absolute Gasteiger partial charge is 0.457 e. The molecular weight excluding hydrogens is 1030 g/mol. The van der Waals surface area contributed by atoms with Crippen LogP contribution >= 0.6 is 0 Å². The van der Waals surface area contributed by atoms with E-state index >= 15 is 0 Å². The molecule has 11 atom stereocenters. The van der Waals surface area contributed by atoms with Crippen LogP contribution in [0.5, 0.6) is 0 Å². The van der Waals surface area contributed by atoms with Crippen LogP contribution in [0, 0.1) is 0 Å². The molecule has 7 N–H and O–H groups in total. The lowest BCUT2D eigenvalue weighted by atomic mass is 9.98. The lowest BCUT2D eigenvalue weighted by Crippen LogP contribution is -2.61. The molecule has 2 saturated heterocycles. The zero-order valence-corrected chi connectivity index (χ0v) is 51.3. The average Bonchev–Trinajstić information content (AvgIpc) is 3.46. The average molecular weight is 1150 g/mol. The van der Waals surface area contributed by atoms with Crippen LogP contribution in [-0.2, 0) is 33.2 Å². The van der Waals surface area contributed by atoms with Crippen LogP contribution in [-0.4, -0.2) is 142 Å². The van der Waals surface area contributed by atoms with Crippen LogP contribution in [0.2, 0.25) is 0 Å². The van der Waals surface area contributed by atoms with Crippen LogP contribution in [0.1, 0.15) is 271 Å².